The second kappa shape index (κ2) is 7.80. The molecule has 0 aliphatic heterocycles. The van der Waals surface area contributed by atoms with Crippen molar-refractivity contribution < 1.29 is 4.79 Å². The molecular formula is C23H24N4O. The van der Waals surface area contributed by atoms with Gasteiger partial charge in [0, 0.05) is 29.9 Å². The Kier molecular flexibility index (Phi) is 5.06. The van der Waals surface area contributed by atoms with Gasteiger partial charge in [-0.05, 0) is 44.4 Å². The van der Waals surface area contributed by atoms with Crippen LogP contribution in [0.25, 0.3) is 11.4 Å². The molecule has 1 N–H and O–H groups in total. The Morgan fingerprint density at radius 3 is 2.54 bits per heavy atom. The zero-order valence-electron chi connectivity index (χ0n) is 16.2. The maximum Gasteiger partial charge on any atom is 0.270 e. The topological polar surface area (TPSA) is 58.1 Å². The monoisotopic (exact) mass is 372 g/mol. The number of hydrogen-bond donors (Lipinski definition) is 1. The standard InChI is InChI=1S/C23H24N4O/c1-3-27(19-11-7-8-16(2)14-19)21-15-20(23(28)24-18-12-13-18)25-22(26-21)17-9-5-4-6-10-17/h4-11,14-15,18H,3,12-13H2,1-2H3,(H,24,28). The van der Waals surface area contributed by atoms with Gasteiger partial charge in [0.2, 0.25) is 0 Å². The predicted octanol–water partition coefficient (Wildman–Crippen LogP) is 4.50. The second-order valence-corrected chi connectivity index (χ2v) is 7.13. The van der Waals surface area contributed by atoms with Crippen LogP contribution in [-0.4, -0.2) is 28.5 Å². The zero-order chi connectivity index (χ0) is 19.5. The third kappa shape index (κ3) is 4.03. The number of nitrogens with one attached hydrogen (secondary N) is 1. The van der Waals surface area contributed by atoms with Crippen molar-refractivity contribution in [1.82, 2.24) is 15.3 Å². The number of amides is 1. The third-order valence-electron chi connectivity index (χ3n) is 4.80. The van der Waals surface area contributed by atoms with Gasteiger partial charge in [-0.25, -0.2) is 9.97 Å². The van der Waals surface area contributed by atoms with E-state index in [1.807, 2.05) is 36.4 Å². The van der Waals surface area contributed by atoms with Crippen LogP contribution in [0.1, 0.15) is 35.8 Å². The van der Waals surface area contributed by atoms with Crippen LogP contribution in [0.3, 0.4) is 0 Å². The Morgan fingerprint density at radius 2 is 1.86 bits per heavy atom. The highest BCUT2D eigenvalue weighted by molar-refractivity contribution is 5.94. The van der Waals surface area contributed by atoms with Gasteiger partial charge in [0.05, 0.1) is 0 Å². The summed E-state index contributed by atoms with van der Waals surface area (Å²) in [6, 6.07) is 20.1. The van der Waals surface area contributed by atoms with E-state index in [0.717, 1.165) is 36.5 Å². The van der Waals surface area contributed by atoms with Crippen LogP contribution in [0.2, 0.25) is 0 Å². The van der Waals surface area contributed by atoms with Crippen LogP contribution in [0.15, 0.2) is 60.7 Å². The molecule has 5 nitrogen and oxygen atoms in total. The first-order chi connectivity index (χ1) is 13.6. The largest absolute Gasteiger partial charge is 0.348 e. The van der Waals surface area contributed by atoms with E-state index in [-0.39, 0.29) is 11.9 Å². The van der Waals surface area contributed by atoms with Crippen molar-refractivity contribution in [2.24, 2.45) is 0 Å². The molecule has 142 valence electrons. The van der Waals surface area contributed by atoms with E-state index in [0.29, 0.717) is 11.5 Å². The van der Waals surface area contributed by atoms with E-state index in [4.69, 9.17) is 4.98 Å². The number of carbonyl (C=O) groups excluding carboxylic acids is 1. The second-order valence-electron chi connectivity index (χ2n) is 7.13. The molecule has 4 rings (SSSR count). The summed E-state index contributed by atoms with van der Waals surface area (Å²) in [5.41, 5.74) is 3.53. The summed E-state index contributed by atoms with van der Waals surface area (Å²) >= 11 is 0. The van der Waals surface area contributed by atoms with E-state index in [1.165, 1.54) is 5.56 Å². The number of nitrogens with zero attached hydrogens (tertiary/aromatic N) is 3. The van der Waals surface area contributed by atoms with E-state index < -0.39 is 0 Å². The van der Waals surface area contributed by atoms with Gasteiger partial charge in [-0.2, -0.15) is 0 Å². The fourth-order valence-corrected chi connectivity index (χ4v) is 3.17. The Labute approximate surface area is 165 Å². The van der Waals surface area contributed by atoms with Crippen molar-refractivity contribution >= 4 is 17.4 Å². The van der Waals surface area contributed by atoms with Crippen molar-refractivity contribution in [2.45, 2.75) is 32.7 Å². The first kappa shape index (κ1) is 18.2. The summed E-state index contributed by atoms with van der Waals surface area (Å²) in [4.78, 5) is 24.2. The lowest BCUT2D eigenvalue weighted by Crippen LogP contribution is -2.27. The minimum Gasteiger partial charge on any atom is -0.348 e. The van der Waals surface area contributed by atoms with Crippen molar-refractivity contribution in [1.29, 1.82) is 0 Å². The SMILES string of the molecule is CCN(c1cccc(C)c1)c1cc(C(=O)NC2CC2)nc(-c2ccccc2)n1. The van der Waals surface area contributed by atoms with E-state index >= 15 is 0 Å². The molecule has 3 aromatic rings. The number of rotatable bonds is 6. The number of anilines is 2. The molecule has 0 saturated heterocycles. The molecule has 1 aliphatic carbocycles. The maximum absolute atomic E-state index is 12.7. The summed E-state index contributed by atoms with van der Waals surface area (Å²) in [6.07, 6.45) is 2.08. The van der Waals surface area contributed by atoms with Gasteiger partial charge in [-0.15, -0.1) is 0 Å². The molecular weight excluding hydrogens is 348 g/mol. The smallest absolute Gasteiger partial charge is 0.270 e. The quantitative estimate of drug-likeness (QED) is 0.692. The Hall–Kier alpha value is -3.21. The van der Waals surface area contributed by atoms with Gasteiger partial charge in [0.15, 0.2) is 5.82 Å². The molecule has 5 heteroatoms. The van der Waals surface area contributed by atoms with Gasteiger partial charge in [-0.3, -0.25) is 4.79 Å². The highest BCUT2D eigenvalue weighted by Gasteiger charge is 2.25. The highest BCUT2D eigenvalue weighted by Crippen LogP contribution is 2.27. The molecule has 0 radical (unpaired) electrons. The van der Waals surface area contributed by atoms with Crippen LogP contribution in [0.4, 0.5) is 11.5 Å². The number of aromatic nitrogens is 2. The van der Waals surface area contributed by atoms with E-state index in [2.05, 4.69) is 47.2 Å². The first-order valence-corrected chi connectivity index (χ1v) is 9.73. The van der Waals surface area contributed by atoms with Gasteiger partial charge < -0.3 is 10.2 Å². The normalized spacial score (nSPS) is 13.2. The molecule has 1 saturated carbocycles. The summed E-state index contributed by atoms with van der Waals surface area (Å²) < 4.78 is 0. The third-order valence-corrected chi connectivity index (χ3v) is 4.80. The lowest BCUT2D eigenvalue weighted by Gasteiger charge is -2.23. The molecule has 1 amide bonds. The average molecular weight is 372 g/mol. The van der Waals surface area contributed by atoms with Crippen LogP contribution in [0, 0.1) is 6.92 Å². The zero-order valence-corrected chi connectivity index (χ0v) is 16.2. The van der Waals surface area contributed by atoms with Crippen LogP contribution in [-0.2, 0) is 0 Å². The lowest BCUT2D eigenvalue weighted by atomic mass is 10.2. The number of benzene rings is 2. The van der Waals surface area contributed by atoms with Crippen molar-refractivity contribution in [2.75, 3.05) is 11.4 Å². The fourth-order valence-electron chi connectivity index (χ4n) is 3.17. The summed E-state index contributed by atoms with van der Waals surface area (Å²) in [6.45, 7) is 4.89. The van der Waals surface area contributed by atoms with Crippen LogP contribution in [0.5, 0.6) is 0 Å². The van der Waals surface area contributed by atoms with E-state index in [1.54, 1.807) is 6.07 Å². The van der Waals surface area contributed by atoms with Crippen molar-refractivity contribution in [3.8, 4) is 11.4 Å². The molecule has 1 aliphatic rings. The van der Waals surface area contributed by atoms with Crippen LogP contribution >= 0.6 is 0 Å². The molecule has 1 aromatic heterocycles. The van der Waals surface area contributed by atoms with Crippen molar-refractivity contribution in [3.63, 3.8) is 0 Å². The minimum atomic E-state index is -0.136. The Bertz CT molecular complexity index is 983. The van der Waals surface area contributed by atoms with Gasteiger partial charge in [0.25, 0.3) is 5.91 Å². The molecule has 0 bridgehead atoms. The average Bonchev–Trinajstić information content (AvgIpc) is 3.53. The molecule has 1 fully saturated rings. The summed E-state index contributed by atoms with van der Waals surface area (Å²) in [5, 5.41) is 3.03. The van der Waals surface area contributed by atoms with Gasteiger partial charge in [-0.1, -0.05) is 42.5 Å². The minimum absolute atomic E-state index is 0.136. The van der Waals surface area contributed by atoms with Crippen molar-refractivity contribution in [3.05, 3.63) is 71.9 Å². The summed E-state index contributed by atoms with van der Waals surface area (Å²) in [5.74, 6) is 1.15. The lowest BCUT2D eigenvalue weighted by molar-refractivity contribution is 0.0946. The molecule has 0 unspecified atom stereocenters. The number of carbonyl (C=O) groups is 1. The number of hydrogen-bond acceptors (Lipinski definition) is 4. The van der Waals surface area contributed by atoms with Gasteiger partial charge >= 0.3 is 0 Å². The fraction of sp³-hybridized carbons (Fsp3) is 0.261. The molecule has 1 heterocycles. The molecule has 0 spiro atoms. The summed E-state index contributed by atoms with van der Waals surface area (Å²) in [7, 11) is 0. The van der Waals surface area contributed by atoms with Crippen LogP contribution < -0.4 is 10.2 Å². The highest BCUT2D eigenvalue weighted by atomic mass is 16.2. The van der Waals surface area contributed by atoms with E-state index in [9.17, 15) is 4.79 Å². The maximum atomic E-state index is 12.7. The number of aryl methyl sites for hydroxylation is 1. The molecule has 0 atom stereocenters. The Morgan fingerprint density at radius 1 is 1.07 bits per heavy atom. The van der Waals surface area contributed by atoms with Gasteiger partial charge in [0.1, 0.15) is 11.5 Å². The predicted molar refractivity (Wildman–Crippen MR) is 112 cm³/mol. The molecule has 2 aromatic carbocycles. The first-order valence-electron chi connectivity index (χ1n) is 9.73. The molecule has 28 heavy (non-hydrogen) atoms. The Balaban J connectivity index is 1.79.